The maximum Gasteiger partial charge on any atom is 0.312 e. The maximum absolute atomic E-state index is 14.7. The van der Waals surface area contributed by atoms with Crippen LogP contribution in [0.3, 0.4) is 0 Å². The summed E-state index contributed by atoms with van der Waals surface area (Å²) in [7, 11) is 1.57. The molecule has 0 aliphatic carbocycles. The van der Waals surface area contributed by atoms with Crippen LogP contribution in [0.15, 0.2) is 49.6 Å². The molecule has 0 radical (unpaired) electrons. The summed E-state index contributed by atoms with van der Waals surface area (Å²) in [6.45, 7) is 13.5. The molecular weight excluding hydrogens is 536 g/mol. The fraction of sp³-hybridized carbons (Fsp3) is 0.606. The highest BCUT2D eigenvalue weighted by Gasteiger charge is 2.79. The Kier molecular flexibility index (Phi) is 9.83. The average molecular weight is 583 g/mol. The number of hydrogen-bond donors (Lipinski definition) is 1. The van der Waals surface area contributed by atoms with Gasteiger partial charge in [-0.1, -0.05) is 32.9 Å². The van der Waals surface area contributed by atoms with Crippen LogP contribution in [0.4, 0.5) is 5.69 Å². The van der Waals surface area contributed by atoms with E-state index >= 15 is 0 Å². The lowest BCUT2D eigenvalue weighted by Crippen LogP contribution is -2.60. The Morgan fingerprint density at radius 1 is 1.19 bits per heavy atom. The van der Waals surface area contributed by atoms with Gasteiger partial charge in [-0.25, -0.2) is 0 Å². The fourth-order valence-corrected chi connectivity index (χ4v) is 7.29. The van der Waals surface area contributed by atoms with Crippen molar-refractivity contribution in [3.05, 3.63) is 49.6 Å². The highest BCUT2D eigenvalue weighted by Crippen LogP contribution is 2.65. The number of methoxy groups -OCH3 is 1. The molecule has 0 aromatic heterocycles. The zero-order valence-corrected chi connectivity index (χ0v) is 25.4. The van der Waals surface area contributed by atoms with Crippen LogP contribution in [0, 0.1) is 17.8 Å². The molecule has 3 fully saturated rings. The van der Waals surface area contributed by atoms with Gasteiger partial charge in [0.25, 0.3) is 5.91 Å². The van der Waals surface area contributed by atoms with Crippen molar-refractivity contribution in [1.82, 2.24) is 4.90 Å². The van der Waals surface area contributed by atoms with Crippen molar-refractivity contribution in [2.75, 3.05) is 31.8 Å². The van der Waals surface area contributed by atoms with Gasteiger partial charge in [0.05, 0.1) is 37.9 Å². The molecule has 4 rings (SSSR count). The molecule has 1 N–H and O–H groups in total. The van der Waals surface area contributed by atoms with Crippen molar-refractivity contribution in [3.8, 4) is 5.75 Å². The number of hydrogen-bond acceptors (Lipinski definition) is 7. The number of amides is 2. The van der Waals surface area contributed by atoms with Gasteiger partial charge in [0.2, 0.25) is 5.91 Å². The summed E-state index contributed by atoms with van der Waals surface area (Å²) in [4.78, 5) is 46.0. The number of benzene rings is 1. The number of ether oxygens (including phenoxy) is 3. The van der Waals surface area contributed by atoms with Crippen LogP contribution in [-0.4, -0.2) is 77.9 Å². The third-order valence-corrected chi connectivity index (χ3v) is 9.43. The molecule has 9 heteroatoms. The van der Waals surface area contributed by atoms with Gasteiger partial charge >= 0.3 is 5.97 Å². The normalized spacial score (nSPS) is 28.5. The third-order valence-electron chi connectivity index (χ3n) is 9.43. The lowest BCUT2D eigenvalue weighted by Gasteiger charge is -2.40. The van der Waals surface area contributed by atoms with Crippen molar-refractivity contribution in [1.29, 1.82) is 0 Å². The number of aliphatic hydroxyl groups excluding tert-OH is 1. The van der Waals surface area contributed by atoms with Crippen LogP contribution >= 0.6 is 0 Å². The molecule has 3 aliphatic rings. The van der Waals surface area contributed by atoms with Gasteiger partial charge < -0.3 is 29.1 Å². The Bertz CT molecular complexity index is 1170. The van der Waals surface area contributed by atoms with E-state index in [1.165, 1.54) is 4.90 Å². The van der Waals surface area contributed by atoms with Crippen molar-refractivity contribution >= 4 is 23.5 Å². The van der Waals surface area contributed by atoms with Gasteiger partial charge in [-0.3, -0.25) is 14.4 Å². The van der Waals surface area contributed by atoms with E-state index in [9.17, 15) is 19.5 Å². The molecule has 6 atom stereocenters. The van der Waals surface area contributed by atoms with E-state index < -0.39 is 41.1 Å². The minimum atomic E-state index is -1.22. The second-order valence-corrected chi connectivity index (χ2v) is 12.0. The van der Waals surface area contributed by atoms with Gasteiger partial charge in [0.15, 0.2) is 0 Å². The number of nitrogens with zero attached hydrogens (tertiary/aromatic N) is 2. The number of likely N-dealkylation sites (tertiary alicyclic amines) is 1. The zero-order valence-electron chi connectivity index (χ0n) is 25.4. The number of carbonyl (C=O) groups is 3. The predicted molar refractivity (Wildman–Crippen MR) is 160 cm³/mol. The molecule has 3 heterocycles. The molecule has 2 amide bonds. The summed E-state index contributed by atoms with van der Waals surface area (Å²) in [5.41, 5.74) is -1.49. The SMILES string of the molecule is C=CCCCCOC(=O)[C@H]1[C@H]2C(=O)N([C@@H](CO)C(C)C)C(C(=O)N(CC=C)c3ccc(OC)cc3)C23CC[C@]1(CC)O3. The molecule has 3 saturated heterocycles. The molecule has 1 aromatic rings. The first kappa shape index (κ1) is 31.8. The number of esters is 1. The van der Waals surface area contributed by atoms with Crippen LogP contribution < -0.4 is 9.64 Å². The maximum atomic E-state index is 14.7. The van der Waals surface area contributed by atoms with E-state index in [4.69, 9.17) is 14.2 Å². The second kappa shape index (κ2) is 13.0. The molecule has 2 unspecified atom stereocenters. The first-order valence-corrected chi connectivity index (χ1v) is 15.1. The number of aliphatic hydroxyl groups is 1. The first-order valence-electron chi connectivity index (χ1n) is 15.1. The summed E-state index contributed by atoms with van der Waals surface area (Å²) in [6, 6.07) is 5.45. The zero-order chi connectivity index (χ0) is 30.7. The Morgan fingerprint density at radius 2 is 1.90 bits per heavy atom. The summed E-state index contributed by atoms with van der Waals surface area (Å²) >= 11 is 0. The average Bonchev–Trinajstić information content (AvgIpc) is 3.59. The van der Waals surface area contributed by atoms with Gasteiger partial charge in [0, 0.05) is 12.2 Å². The smallest absolute Gasteiger partial charge is 0.312 e. The quantitative estimate of drug-likeness (QED) is 0.187. The van der Waals surface area contributed by atoms with Crippen molar-refractivity contribution < 1.29 is 33.7 Å². The molecule has 3 aliphatic heterocycles. The molecule has 1 aromatic carbocycles. The lowest BCUT2D eigenvalue weighted by molar-refractivity contribution is -0.162. The van der Waals surface area contributed by atoms with E-state index in [1.54, 1.807) is 42.4 Å². The van der Waals surface area contributed by atoms with E-state index in [2.05, 4.69) is 13.2 Å². The Labute approximate surface area is 249 Å². The molecule has 9 nitrogen and oxygen atoms in total. The van der Waals surface area contributed by atoms with Crippen LogP contribution in [0.25, 0.3) is 0 Å². The largest absolute Gasteiger partial charge is 0.497 e. The molecule has 42 heavy (non-hydrogen) atoms. The van der Waals surface area contributed by atoms with Gasteiger partial charge in [-0.15, -0.1) is 13.2 Å². The first-order chi connectivity index (χ1) is 20.2. The monoisotopic (exact) mass is 582 g/mol. The number of carbonyl (C=O) groups excluding carboxylic acids is 3. The highest BCUT2D eigenvalue weighted by atomic mass is 16.6. The fourth-order valence-electron chi connectivity index (χ4n) is 7.29. The van der Waals surface area contributed by atoms with Gasteiger partial charge in [0.1, 0.15) is 23.3 Å². The lowest BCUT2D eigenvalue weighted by atomic mass is 9.65. The summed E-state index contributed by atoms with van der Waals surface area (Å²) in [6.07, 6.45) is 7.35. The Morgan fingerprint density at radius 3 is 2.48 bits per heavy atom. The van der Waals surface area contributed by atoms with E-state index in [0.717, 1.165) is 12.8 Å². The van der Waals surface area contributed by atoms with Crippen LogP contribution in [-0.2, 0) is 23.9 Å². The summed E-state index contributed by atoms with van der Waals surface area (Å²) < 4.78 is 17.9. The topological polar surface area (TPSA) is 106 Å². The minimum Gasteiger partial charge on any atom is -0.497 e. The molecule has 0 saturated carbocycles. The Balaban J connectivity index is 1.77. The molecule has 2 bridgehead atoms. The highest BCUT2D eigenvalue weighted by molar-refractivity contribution is 6.05. The van der Waals surface area contributed by atoms with E-state index in [-0.39, 0.29) is 37.5 Å². The van der Waals surface area contributed by atoms with Crippen LogP contribution in [0.1, 0.15) is 59.3 Å². The van der Waals surface area contributed by atoms with Gasteiger partial charge in [-0.05, 0) is 68.7 Å². The number of rotatable bonds is 15. The van der Waals surface area contributed by atoms with Crippen LogP contribution in [0.2, 0.25) is 0 Å². The van der Waals surface area contributed by atoms with Crippen LogP contribution in [0.5, 0.6) is 5.75 Å². The summed E-state index contributed by atoms with van der Waals surface area (Å²) in [5, 5.41) is 10.5. The minimum absolute atomic E-state index is 0.147. The number of allylic oxidation sites excluding steroid dienone is 1. The number of unbranched alkanes of at least 4 members (excludes halogenated alkanes) is 2. The standard InChI is InChI=1S/C33H46N2O7/c1-7-10-11-12-20-41-31(39)27-26-29(37)35(25(21-36)22(4)5)28(33(26)18-17-32(27,9-3)42-33)30(38)34(19-8-2)23-13-15-24(40-6)16-14-23/h7-8,13-16,22,25-28,36H,1-2,9-12,17-21H2,3-6H3/t25-,26-,27+,28?,32-,33?/m0/s1. The van der Waals surface area contributed by atoms with Gasteiger partial charge in [-0.2, -0.15) is 0 Å². The molecular formula is C33H46N2O7. The van der Waals surface area contributed by atoms with Crippen molar-refractivity contribution in [2.45, 2.75) is 82.6 Å². The van der Waals surface area contributed by atoms with E-state index in [1.807, 2.05) is 26.8 Å². The summed E-state index contributed by atoms with van der Waals surface area (Å²) in [5.74, 6) is -2.33. The number of fused-ring (bicyclic) bond motifs is 1. The third kappa shape index (κ3) is 5.26. The van der Waals surface area contributed by atoms with E-state index in [0.29, 0.717) is 37.1 Å². The number of anilines is 1. The molecule has 230 valence electrons. The van der Waals surface area contributed by atoms with Crippen molar-refractivity contribution in [3.63, 3.8) is 0 Å². The van der Waals surface area contributed by atoms with Crippen molar-refractivity contribution in [2.24, 2.45) is 17.8 Å². The molecule has 1 spiro atoms. The Hall–Kier alpha value is -3.17. The second-order valence-electron chi connectivity index (χ2n) is 12.0. The predicted octanol–water partition coefficient (Wildman–Crippen LogP) is 4.29.